The molecule has 1 unspecified atom stereocenters. The number of nitrogens with one attached hydrogen (secondary N) is 4. The molecular weight excluding hydrogens is 359 g/mol. The molecule has 1 aliphatic heterocycles. The fourth-order valence-corrected chi connectivity index (χ4v) is 2.78. The lowest BCUT2D eigenvalue weighted by Gasteiger charge is -2.28. The Balaban J connectivity index is 0.00000338. The molecule has 1 aromatic rings. The normalized spacial score (nSPS) is 17.8. The second kappa shape index (κ2) is 11.0. The molecule has 1 aliphatic rings. The first-order valence-corrected chi connectivity index (χ1v) is 8.75. The maximum atomic E-state index is 12.9. The molecule has 2 rings (SSSR count). The van der Waals surface area contributed by atoms with Crippen LogP contribution in [0.3, 0.4) is 0 Å². The van der Waals surface area contributed by atoms with Crippen LogP contribution in [0.15, 0.2) is 24.3 Å². The maximum Gasteiger partial charge on any atom is 0.315 e. The van der Waals surface area contributed by atoms with Crippen molar-refractivity contribution in [3.63, 3.8) is 0 Å². The van der Waals surface area contributed by atoms with E-state index >= 15 is 0 Å². The Morgan fingerprint density at radius 3 is 2.54 bits per heavy atom. The van der Waals surface area contributed by atoms with Crippen molar-refractivity contribution in [1.29, 1.82) is 0 Å². The minimum Gasteiger partial charge on any atom is -0.350 e. The van der Waals surface area contributed by atoms with Crippen LogP contribution in [0.25, 0.3) is 0 Å². The number of halogens is 2. The standard InChI is InChI=1S/C18H27FN4O2.ClH/c1-12(2)16(17(24)22-15-4-3-9-20-11-15)23-18(25)21-10-13-5-7-14(19)8-6-13;/h5-8,12,15-16,20H,3-4,9-11H2,1-2H3,(H,22,24)(H2,21,23,25);1H/t15-,16?;/m0./s1. The second-order valence-corrected chi connectivity index (χ2v) is 6.73. The van der Waals surface area contributed by atoms with Crippen LogP contribution < -0.4 is 21.3 Å². The van der Waals surface area contributed by atoms with Gasteiger partial charge in [0, 0.05) is 19.1 Å². The Hall–Kier alpha value is -1.86. The molecule has 0 radical (unpaired) electrons. The second-order valence-electron chi connectivity index (χ2n) is 6.73. The maximum absolute atomic E-state index is 12.9. The fourth-order valence-electron chi connectivity index (χ4n) is 2.78. The number of carbonyl (C=O) groups excluding carboxylic acids is 2. The Kier molecular flexibility index (Phi) is 9.37. The molecule has 26 heavy (non-hydrogen) atoms. The van der Waals surface area contributed by atoms with Gasteiger partial charge in [-0.3, -0.25) is 4.79 Å². The number of benzene rings is 1. The molecule has 2 atom stereocenters. The number of urea groups is 1. The van der Waals surface area contributed by atoms with E-state index in [1.807, 2.05) is 13.8 Å². The number of amides is 3. The van der Waals surface area contributed by atoms with E-state index in [1.54, 1.807) is 12.1 Å². The van der Waals surface area contributed by atoms with Gasteiger partial charge in [-0.05, 0) is 43.0 Å². The SMILES string of the molecule is CC(C)C(NC(=O)NCc1ccc(F)cc1)C(=O)N[C@H]1CCCNC1.Cl. The van der Waals surface area contributed by atoms with E-state index in [4.69, 9.17) is 0 Å². The first-order valence-electron chi connectivity index (χ1n) is 8.75. The minimum atomic E-state index is -0.602. The number of carbonyl (C=O) groups is 2. The van der Waals surface area contributed by atoms with Crippen LogP contribution in [-0.2, 0) is 11.3 Å². The molecule has 1 saturated heterocycles. The fraction of sp³-hybridized carbons (Fsp3) is 0.556. The first-order chi connectivity index (χ1) is 12.0. The third-order valence-corrected chi connectivity index (χ3v) is 4.25. The summed E-state index contributed by atoms with van der Waals surface area (Å²) >= 11 is 0. The first kappa shape index (κ1) is 22.2. The molecule has 3 amide bonds. The minimum absolute atomic E-state index is 0. The van der Waals surface area contributed by atoms with E-state index in [9.17, 15) is 14.0 Å². The third-order valence-electron chi connectivity index (χ3n) is 4.25. The number of rotatable bonds is 6. The summed E-state index contributed by atoms with van der Waals surface area (Å²) in [7, 11) is 0. The van der Waals surface area contributed by atoms with Crippen molar-refractivity contribution in [1.82, 2.24) is 21.3 Å². The van der Waals surface area contributed by atoms with Crippen molar-refractivity contribution in [3.8, 4) is 0 Å². The number of hydrogen-bond acceptors (Lipinski definition) is 3. The topological polar surface area (TPSA) is 82.3 Å². The van der Waals surface area contributed by atoms with Crippen molar-refractivity contribution in [2.45, 2.75) is 45.3 Å². The molecular formula is C18H28ClFN4O2. The van der Waals surface area contributed by atoms with Crippen molar-refractivity contribution in [2.24, 2.45) is 5.92 Å². The molecule has 0 saturated carbocycles. The highest BCUT2D eigenvalue weighted by Crippen LogP contribution is 2.06. The molecule has 1 aromatic carbocycles. The Bertz CT molecular complexity index is 577. The van der Waals surface area contributed by atoms with Gasteiger partial charge < -0.3 is 21.3 Å². The molecule has 0 aliphatic carbocycles. The zero-order valence-electron chi connectivity index (χ0n) is 15.2. The average molecular weight is 387 g/mol. The van der Waals surface area contributed by atoms with Crippen LogP contribution in [0.5, 0.6) is 0 Å². The predicted molar refractivity (Wildman–Crippen MR) is 102 cm³/mol. The summed E-state index contributed by atoms with van der Waals surface area (Å²) in [6, 6.07) is 4.99. The van der Waals surface area contributed by atoms with Gasteiger partial charge in [0.25, 0.3) is 0 Å². The van der Waals surface area contributed by atoms with Gasteiger partial charge in [0.1, 0.15) is 11.9 Å². The van der Waals surface area contributed by atoms with Crippen molar-refractivity contribution < 1.29 is 14.0 Å². The van der Waals surface area contributed by atoms with E-state index in [2.05, 4.69) is 21.3 Å². The van der Waals surface area contributed by atoms with E-state index in [-0.39, 0.29) is 42.6 Å². The molecule has 8 heteroatoms. The van der Waals surface area contributed by atoms with Gasteiger partial charge in [-0.25, -0.2) is 9.18 Å². The number of piperidine rings is 1. The lowest BCUT2D eigenvalue weighted by atomic mass is 10.0. The summed E-state index contributed by atoms with van der Waals surface area (Å²) in [6.45, 7) is 5.79. The molecule has 0 spiro atoms. The van der Waals surface area contributed by atoms with E-state index < -0.39 is 12.1 Å². The van der Waals surface area contributed by atoms with Gasteiger partial charge in [0.2, 0.25) is 5.91 Å². The van der Waals surface area contributed by atoms with Crippen LogP contribution in [0.4, 0.5) is 9.18 Å². The van der Waals surface area contributed by atoms with Gasteiger partial charge in [-0.2, -0.15) is 0 Å². The summed E-state index contributed by atoms with van der Waals surface area (Å²) in [5.41, 5.74) is 0.787. The summed E-state index contributed by atoms with van der Waals surface area (Å²) in [5, 5.41) is 11.7. The van der Waals surface area contributed by atoms with E-state index in [0.29, 0.717) is 0 Å². The van der Waals surface area contributed by atoms with Gasteiger partial charge in [-0.15, -0.1) is 12.4 Å². The highest BCUT2D eigenvalue weighted by atomic mass is 35.5. The average Bonchev–Trinajstić information content (AvgIpc) is 2.59. The van der Waals surface area contributed by atoms with Gasteiger partial charge >= 0.3 is 6.03 Å². The molecule has 6 nitrogen and oxygen atoms in total. The van der Waals surface area contributed by atoms with E-state index in [1.165, 1.54) is 12.1 Å². The monoisotopic (exact) mass is 386 g/mol. The third kappa shape index (κ3) is 7.17. The summed E-state index contributed by atoms with van der Waals surface area (Å²) < 4.78 is 12.9. The smallest absolute Gasteiger partial charge is 0.315 e. The summed E-state index contributed by atoms with van der Waals surface area (Å²) in [6.07, 6.45) is 1.98. The zero-order valence-corrected chi connectivity index (χ0v) is 16.0. The largest absolute Gasteiger partial charge is 0.350 e. The van der Waals surface area contributed by atoms with Crippen LogP contribution >= 0.6 is 12.4 Å². The Morgan fingerprint density at radius 1 is 1.27 bits per heavy atom. The lowest BCUT2D eigenvalue weighted by Crippen LogP contribution is -2.56. The van der Waals surface area contributed by atoms with Crippen LogP contribution in [0, 0.1) is 11.7 Å². The van der Waals surface area contributed by atoms with Gasteiger partial charge in [0.15, 0.2) is 0 Å². The van der Waals surface area contributed by atoms with Crippen LogP contribution in [0.2, 0.25) is 0 Å². The molecule has 1 fully saturated rings. The number of hydrogen-bond donors (Lipinski definition) is 4. The summed E-state index contributed by atoms with van der Waals surface area (Å²) in [4.78, 5) is 24.6. The van der Waals surface area contributed by atoms with Crippen molar-refractivity contribution >= 4 is 24.3 Å². The molecule has 0 aromatic heterocycles. The molecule has 146 valence electrons. The highest BCUT2D eigenvalue weighted by Gasteiger charge is 2.26. The van der Waals surface area contributed by atoms with Gasteiger partial charge in [-0.1, -0.05) is 26.0 Å². The highest BCUT2D eigenvalue weighted by molar-refractivity contribution is 5.87. The zero-order chi connectivity index (χ0) is 18.2. The van der Waals surface area contributed by atoms with Crippen molar-refractivity contribution in [3.05, 3.63) is 35.6 Å². The van der Waals surface area contributed by atoms with E-state index in [0.717, 1.165) is 31.5 Å². The van der Waals surface area contributed by atoms with Gasteiger partial charge in [0.05, 0.1) is 0 Å². The molecule has 4 N–H and O–H groups in total. The van der Waals surface area contributed by atoms with Crippen molar-refractivity contribution in [2.75, 3.05) is 13.1 Å². The molecule has 0 bridgehead atoms. The Morgan fingerprint density at radius 2 is 1.96 bits per heavy atom. The quantitative estimate of drug-likeness (QED) is 0.603. The lowest BCUT2D eigenvalue weighted by molar-refractivity contribution is -0.124. The Labute approximate surface area is 160 Å². The predicted octanol–water partition coefficient (Wildman–Crippen LogP) is 1.94. The summed E-state index contributed by atoms with van der Waals surface area (Å²) in [5.74, 6) is -0.518. The van der Waals surface area contributed by atoms with Crippen LogP contribution in [-0.4, -0.2) is 37.1 Å². The van der Waals surface area contributed by atoms with Crippen LogP contribution in [0.1, 0.15) is 32.3 Å². The molecule has 1 heterocycles.